The van der Waals surface area contributed by atoms with Crippen LogP contribution in [0.15, 0.2) is 30.5 Å². The number of amides is 1. The molecule has 0 radical (unpaired) electrons. The van der Waals surface area contributed by atoms with E-state index < -0.39 is 0 Å². The van der Waals surface area contributed by atoms with Crippen molar-refractivity contribution < 1.29 is 19.1 Å². The Bertz CT molecular complexity index is 1170. The molecular formula is C24H26ClN3O4S. The van der Waals surface area contributed by atoms with Gasteiger partial charge in [-0.05, 0) is 74.4 Å². The largest absolute Gasteiger partial charge is 0.471 e. The summed E-state index contributed by atoms with van der Waals surface area (Å²) in [5.74, 6) is -0.0826. The number of ether oxygens (including phenoxy) is 2. The number of rotatable bonds is 8. The van der Waals surface area contributed by atoms with E-state index in [1.807, 2.05) is 19.9 Å². The minimum absolute atomic E-state index is 0.149. The molecule has 0 saturated carbocycles. The second-order valence-corrected chi connectivity index (χ2v) is 9.44. The molecule has 0 fully saturated rings. The number of nitrogens with one attached hydrogen (secondary N) is 1. The molecule has 7 nitrogen and oxygen atoms in total. The van der Waals surface area contributed by atoms with E-state index in [1.165, 1.54) is 16.0 Å². The number of thiophene rings is 1. The number of carbonyl (C=O) groups is 2. The highest BCUT2D eigenvalue weighted by Gasteiger charge is 2.27. The molecule has 1 aliphatic carbocycles. The van der Waals surface area contributed by atoms with Crippen LogP contribution in [0.25, 0.3) is 0 Å². The van der Waals surface area contributed by atoms with Gasteiger partial charge in [-0.25, -0.2) is 9.48 Å². The Labute approximate surface area is 201 Å². The second-order valence-electron chi connectivity index (χ2n) is 7.93. The van der Waals surface area contributed by atoms with E-state index in [1.54, 1.807) is 24.4 Å². The summed E-state index contributed by atoms with van der Waals surface area (Å²) in [6.07, 6.45) is 6.28. The molecule has 0 unspecified atom stereocenters. The molecule has 33 heavy (non-hydrogen) atoms. The number of hydrogen-bond acceptors (Lipinski definition) is 6. The van der Waals surface area contributed by atoms with Crippen molar-refractivity contribution in [2.45, 2.75) is 52.7 Å². The lowest BCUT2D eigenvalue weighted by molar-refractivity contribution is 0.0505. The third kappa shape index (κ3) is 5.39. The second kappa shape index (κ2) is 10.4. The molecule has 174 valence electrons. The Morgan fingerprint density at radius 2 is 2.06 bits per heavy atom. The summed E-state index contributed by atoms with van der Waals surface area (Å²) in [7, 11) is 0. The number of aryl methyl sites for hydroxylation is 2. The van der Waals surface area contributed by atoms with E-state index >= 15 is 0 Å². The lowest BCUT2D eigenvalue weighted by Gasteiger charge is -2.12. The maximum Gasteiger partial charge on any atom is 0.341 e. The summed E-state index contributed by atoms with van der Waals surface area (Å²) in [4.78, 5) is 26.8. The van der Waals surface area contributed by atoms with Gasteiger partial charge in [-0.3, -0.25) is 4.79 Å². The first-order valence-corrected chi connectivity index (χ1v) is 12.2. The van der Waals surface area contributed by atoms with Gasteiger partial charge in [-0.1, -0.05) is 18.5 Å². The Balaban J connectivity index is 1.46. The van der Waals surface area contributed by atoms with E-state index in [9.17, 15) is 9.59 Å². The molecule has 1 aromatic carbocycles. The number of nitrogens with zero attached hydrogens (tertiary/aromatic N) is 2. The highest BCUT2D eigenvalue weighted by atomic mass is 35.5. The number of carbonyl (C=O) groups excluding carboxylic acids is 2. The Kier molecular flexibility index (Phi) is 7.35. The number of hydrogen-bond donors (Lipinski definition) is 1. The molecule has 0 saturated heterocycles. The molecule has 1 aliphatic rings. The van der Waals surface area contributed by atoms with Crippen molar-refractivity contribution in [3.8, 4) is 5.75 Å². The summed E-state index contributed by atoms with van der Waals surface area (Å²) in [6.45, 7) is 4.36. The number of halogens is 1. The number of anilines is 1. The minimum Gasteiger partial charge on any atom is -0.471 e. The van der Waals surface area contributed by atoms with Gasteiger partial charge in [0.05, 0.1) is 12.2 Å². The van der Waals surface area contributed by atoms with E-state index in [4.69, 9.17) is 21.1 Å². The lowest BCUT2D eigenvalue weighted by Crippen LogP contribution is -2.17. The van der Waals surface area contributed by atoms with Gasteiger partial charge in [0.25, 0.3) is 5.91 Å². The molecule has 1 N–H and O–H groups in total. The van der Waals surface area contributed by atoms with Crippen molar-refractivity contribution in [3.05, 3.63) is 62.7 Å². The summed E-state index contributed by atoms with van der Waals surface area (Å²) < 4.78 is 12.7. The molecule has 1 amide bonds. The van der Waals surface area contributed by atoms with E-state index in [0.717, 1.165) is 48.1 Å². The number of benzene rings is 1. The summed E-state index contributed by atoms with van der Waals surface area (Å²) in [5, 5.41) is 8.41. The fourth-order valence-electron chi connectivity index (χ4n) is 3.71. The van der Waals surface area contributed by atoms with Crippen molar-refractivity contribution >= 4 is 39.8 Å². The molecule has 3 aromatic rings. The molecule has 2 heterocycles. The van der Waals surface area contributed by atoms with Gasteiger partial charge in [0.2, 0.25) is 0 Å². The average molecular weight is 488 g/mol. The van der Waals surface area contributed by atoms with Crippen LogP contribution in [0.2, 0.25) is 5.02 Å². The zero-order valence-corrected chi connectivity index (χ0v) is 20.2. The number of aromatic nitrogens is 2. The summed E-state index contributed by atoms with van der Waals surface area (Å²) in [5.41, 5.74) is 2.67. The van der Waals surface area contributed by atoms with Gasteiger partial charge >= 0.3 is 5.97 Å². The maximum absolute atomic E-state index is 12.9. The topological polar surface area (TPSA) is 82.5 Å². The molecule has 0 spiro atoms. The Morgan fingerprint density at radius 3 is 2.85 bits per heavy atom. The van der Waals surface area contributed by atoms with Gasteiger partial charge < -0.3 is 14.8 Å². The van der Waals surface area contributed by atoms with Crippen molar-refractivity contribution in [2.24, 2.45) is 0 Å². The molecule has 2 aromatic heterocycles. The molecule has 9 heteroatoms. The molecule has 0 bridgehead atoms. The Hall–Kier alpha value is -2.84. The molecular weight excluding hydrogens is 462 g/mol. The minimum atomic E-state index is -0.376. The lowest BCUT2D eigenvalue weighted by atomic mass is 9.95. The zero-order valence-electron chi connectivity index (χ0n) is 18.7. The molecule has 0 atom stereocenters. The van der Waals surface area contributed by atoms with Crippen molar-refractivity contribution in [2.75, 3.05) is 11.9 Å². The van der Waals surface area contributed by atoms with E-state index in [-0.39, 0.29) is 24.3 Å². The van der Waals surface area contributed by atoms with Crippen LogP contribution in [-0.4, -0.2) is 28.3 Å². The third-order valence-electron chi connectivity index (χ3n) is 5.41. The van der Waals surface area contributed by atoms with Crippen molar-refractivity contribution in [1.29, 1.82) is 0 Å². The monoisotopic (exact) mass is 487 g/mol. The zero-order chi connectivity index (χ0) is 23.4. The van der Waals surface area contributed by atoms with Crippen molar-refractivity contribution in [3.63, 3.8) is 0 Å². The van der Waals surface area contributed by atoms with Gasteiger partial charge in [0, 0.05) is 16.1 Å². The first-order chi connectivity index (χ1) is 16.0. The van der Waals surface area contributed by atoms with Crippen LogP contribution in [0.1, 0.15) is 63.0 Å². The first-order valence-electron chi connectivity index (χ1n) is 11.0. The summed E-state index contributed by atoms with van der Waals surface area (Å²) in [6, 6.07) is 7.02. The van der Waals surface area contributed by atoms with Crippen molar-refractivity contribution in [1.82, 2.24) is 9.78 Å². The van der Waals surface area contributed by atoms with E-state index in [0.29, 0.717) is 27.9 Å². The fraction of sp³-hybridized carbons (Fsp3) is 0.375. The van der Waals surface area contributed by atoms with Crippen LogP contribution in [0.5, 0.6) is 5.75 Å². The smallest absolute Gasteiger partial charge is 0.341 e. The SMILES string of the molecule is CCCOC(=O)c1c(NC(=O)c2ccn(COc3ccc(Cl)c(C)c3)n2)sc2c1CCCC2. The van der Waals surface area contributed by atoms with Crippen LogP contribution in [0, 0.1) is 6.92 Å². The highest BCUT2D eigenvalue weighted by molar-refractivity contribution is 7.17. The van der Waals surface area contributed by atoms with E-state index in [2.05, 4.69) is 10.4 Å². The predicted molar refractivity (Wildman–Crippen MR) is 129 cm³/mol. The number of fused-ring (bicyclic) bond motifs is 1. The van der Waals surface area contributed by atoms with Gasteiger partial charge in [0.1, 0.15) is 10.8 Å². The average Bonchev–Trinajstić information content (AvgIpc) is 3.43. The third-order valence-corrected chi connectivity index (χ3v) is 7.04. The fourth-order valence-corrected chi connectivity index (χ4v) is 5.10. The molecule has 4 rings (SSSR count). The highest BCUT2D eigenvalue weighted by Crippen LogP contribution is 2.38. The normalized spacial score (nSPS) is 12.8. The van der Waals surface area contributed by atoms with Gasteiger partial charge in [-0.2, -0.15) is 5.10 Å². The first kappa shape index (κ1) is 23.3. The quantitative estimate of drug-likeness (QED) is 0.416. The van der Waals surface area contributed by atoms with Crippen LogP contribution in [-0.2, 0) is 24.3 Å². The maximum atomic E-state index is 12.9. The predicted octanol–water partition coefficient (Wildman–Crippen LogP) is 5.64. The van der Waals surface area contributed by atoms with Gasteiger partial charge in [0.15, 0.2) is 12.4 Å². The van der Waals surface area contributed by atoms with Crippen LogP contribution >= 0.6 is 22.9 Å². The number of esters is 1. The van der Waals surface area contributed by atoms with Crippen LogP contribution < -0.4 is 10.1 Å². The van der Waals surface area contributed by atoms with Gasteiger partial charge in [-0.15, -0.1) is 11.3 Å². The standard InChI is InChI=1S/C24H26ClN3O4S/c1-3-12-31-24(30)21-17-6-4-5-7-20(17)33-23(21)26-22(29)19-10-11-28(27-19)14-32-16-8-9-18(25)15(2)13-16/h8-11,13H,3-7,12,14H2,1-2H3,(H,26,29). The molecule has 0 aliphatic heterocycles. The Morgan fingerprint density at radius 1 is 1.24 bits per heavy atom. The van der Waals surface area contributed by atoms with Crippen LogP contribution in [0.4, 0.5) is 5.00 Å². The van der Waals surface area contributed by atoms with Crippen LogP contribution in [0.3, 0.4) is 0 Å². The summed E-state index contributed by atoms with van der Waals surface area (Å²) >= 11 is 7.51.